The minimum Gasteiger partial charge on any atom is -0.355 e. The number of piperidine rings is 1. The van der Waals surface area contributed by atoms with Gasteiger partial charge >= 0.3 is 6.18 Å². The average Bonchev–Trinajstić information content (AvgIpc) is 3.94. The molecule has 13 nitrogen and oxygen atoms in total. The molecule has 0 radical (unpaired) electrons. The minimum atomic E-state index is -4.73. The van der Waals surface area contributed by atoms with Gasteiger partial charge in [0.2, 0.25) is 17.7 Å². The fourth-order valence-corrected chi connectivity index (χ4v) is 9.32. The van der Waals surface area contributed by atoms with Gasteiger partial charge in [0, 0.05) is 66.7 Å². The number of hydrogen-bond acceptors (Lipinski definition) is 8. The van der Waals surface area contributed by atoms with Crippen LogP contribution in [0.3, 0.4) is 0 Å². The summed E-state index contributed by atoms with van der Waals surface area (Å²) in [7, 11) is 0. The normalized spacial score (nSPS) is 24.1. The van der Waals surface area contributed by atoms with Crippen LogP contribution in [0.1, 0.15) is 104 Å². The monoisotopic (exact) mass is 795 g/mol. The van der Waals surface area contributed by atoms with Crippen LogP contribution in [0.25, 0.3) is 27.7 Å². The highest BCUT2D eigenvalue weighted by atomic mass is 19.4. The van der Waals surface area contributed by atoms with Crippen LogP contribution >= 0.6 is 0 Å². The van der Waals surface area contributed by atoms with Gasteiger partial charge in [0.25, 0.3) is 0 Å². The molecular weight excluding hydrogens is 752 g/mol. The predicted octanol–water partition coefficient (Wildman–Crippen LogP) is 6.42. The number of benzene rings is 1. The number of pyridine rings is 1. The minimum absolute atomic E-state index is 0.0746. The van der Waals surface area contributed by atoms with E-state index >= 15 is 0 Å². The van der Waals surface area contributed by atoms with Gasteiger partial charge in [-0.05, 0) is 86.3 Å². The van der Waals surface area contributed by atoms with E-state index in [1.807, 2.05) is 25.3 Å². The summed E-state index contributed by atoms with van der Waals surface area (Å²) in [6.07, 6.45) is 5.56. The highest BCUT2D eigenvalue weighted by Gasteiger charge is 2.72. The standard InChI is InChI=1S/C42H44F3N9O4/c1-22-10-13-32(42(43,44)45)48-39(22)49-40(58)31-17-41-21-47-34(56)9-7-5-4-6-8-26-14-27(28-18-46-33-16-30(25-11-12-25)50-52(33)19-28)15-29-36(24(3)55)51-53(37(26)29)20-35(57)54(31)38(41)23(41)2/h10,13-16,18-19,23,25,31,38H,4-9,11-12,17,20-21H2,1-3H3,(H,47,56)(H,48,49,58)/t23?,31-,38?,41+/m0/s1. The summed E-state index contributed by atoms with van der Waals surface area (Å²) in [4.78, 5) is 65.0. The maximum atomic E-state index is 14.7. The average molecular weight is 796 g/mol. The van der Waals surface area contributed by atoms with Crippen LogP contribution < -0.4 is 10.6 Å². The molecule has 2 saturated carbocycles. The Morgan fingerprint density at radius 1 is 1.00 bits per heavy atom. The third kappa shape index (κ3) is 6.69. The van der Waals surface area contributed by atoms with Crippen LogP contribution in [-0.4, -0.2) is 76.4 Å². The maximum Gasteiger partial charge on any atom is 0.433 e. The summed E-state index contributed by atoms with van der Waals surface area (Å²) in [5.74, 6) is -1.34. The van der Waals surface area contributed by atoms with Crippen molar-refractivity contribution in [1.82, 2.24) is 39.6 Å². The molecule has 5 aromatic rings. The fraction of sp³-hybridized carbons (Fsp3) is 0.476. The van der Waals surface area contributed by atoms with Gasteiger partial charge in [0.15, 0.2) is 11.4 Å². The van der Waals surface area contributed by atoms with E-state index in [2.05, 4.69) is 21.7 Å². The molecule has 2 aliphatic heterocycles. The number of fused-ring (bicyclic) bond motifs is 1. The topological polar surface area (TPSA) is 156 Å². The summed E-state index contributed by atoms with van der Waals surface area (Å²) >= 11 is 0. The third-order valence-electron chi connectivity index (χ3n) is 12.7. The molecule has 2 aliphatic carbocycles. The van der Waals surface area contributed by atoms with Gasteiger partial charge in [-0.25, -0.2) is 14.5 Å². The second-order valence-electron chi connectivity index (χ2n) is 16.6. The molecule has 1 aromatic carbocycles. The Hall–Kier alpha value is -5.67. The summed E-state index contributed by atoms with van der Waals surface area (Å²) < 4.78 is 44.2. The van der Waals surface area contributed by atoms with Crippen LogP contribution in [0.5, 0.6) is 0 Å². The Morgan fingerprint density at radius 2 is 1.78 bits per heavy atom. The molecule has 3 fully saturated rings. The molecule has 4 atom stereocenters. The number of aromatic nitrogens is 6. The van der Waals surface area contributed by atoms with Crippen molar-refractivity contribution < 1.29 is 32.3 Å². The molecule has 302 valence electrons. The predicted molar refractivity (Wildman–Crippen MR) is 207 cm³/mol. The first kappa shape index (κ1) is 37.9. The van der Waals surface area contributed by atoms with Crippen molar-refractivity contribution >= 4 is 45.9 Å². The molecule has 9 rings (SSSR count). The molecule has 2 unspecified atom stereocenters. The number of Topliss-reactive ketones (excluding diaryl/α,β-unsaturated/α-hetero) is 1. The number of hydrogen-bond donors (Lipinski definition) is 2. The fourth-order valence-electron chi connectivity index (χ4n) is 9.32. The Balaban J connectivity index is 1.10. The van der Waals surface area contributed by atoms with Gasteiger partial charge in [-0.1, -0.05) is 25.8 Å². The maximum absolute atomic E-state index is 14.7. The van der Waals surface area contributed by atoms with Gasteiger partial charge < -0.3 is 15.5 Å². The molecule has 4 aliphatic rings. The van der Waals surface area contributed by atoms with E-state index in [9.17, 15) is 32.3 Å². The lowest BCUT2D eigenvalue weighted by atomic mass is 9.95. The molecule has 1 saturated heterocycles. The molecule has 16 heteroatoms. The lowest BCUT2D eigenvalue weighted by Gasteiger charge is -2.28. The van der Waals surface area contributed by atoms with Gasteiger partial charge in [-0.15, -0.1) is 0 Å². The van der Waals surface area contributed by atoms with E-state index in [1.54, 1.807) is 22.3 Å². The van der Waals surface area contributed by atoms with Crippen LogP contribution in [0.15, 0.2) is 42.7 Å². The van der Waals surface area contributed by atoms with Crippen molar-refractivity contribution in [3.05, 3.63) is 70.9 Å². The molecule has 6 heterocycles. The molecule has 0 spiro atoms. The third-order valence-corrected chi connectivity index (χ3v) is 12.7. The van der Waals surface area contributed by atoms with Crippen molar-refractivity contribution in [2.45, 2.75) is 109 Å². The highest BCUT2D eigenvalue weighted by molar-refractivity contribution is 6.07. The van der Waals surface area contributed by atoms with Crippen molar-refractivity contribution in [3.8, 4) is 11.1 Å². The number of anilines is 1. The number of carbonyl (C=O) groups excluding carboxylic acids is 4. The summed E-state index contributed by atoms with van der Waals surface area (Å²) in [6, 6.07) is 6.57. The van der Waals surface area contributed by atoms with Crippen molar-refractivity contribution in [1.29, 1.82) is 0 Å². The number of amides is 3. The molecule has 3 amide bonds. The Bertz CT molecular complexity index is 2520. The van der Waals surface area contributed by atoms with E-state index in [0.717, 1.165) is 66.2 Å². The van der Waals surface area contributed by atoms with Gasteiger partial charge in [-0.3, -0.25) is 23.9 Å². The van der Waals surface area contributed by atoms with Crippen LogP contribution in [0, 0.1) is 18.3 Å². The highest BCUT2D eigenvalue weighted by Crippen LogP contribution is 2.64. The molecule has 2 bridgehead atoms. The number of carbonyl (C=O) groups is 4. The van der Waals surface area contributed by atoms with E-state index in [1.165, 1.54) is 17.9 Å². The first-order chi connectivity index (χ1) is 27.7. The van der Waals surface area contributed by atoms with Crippen LogP contribution in [0.4, 0.5) is 19.0 Å². The van der Waals surface area contributed by atoms with Crippen molar-refractivity contribution in [3.63, 3.8) is 0 Å². The van der Waals surface area contributed by atoms with E-state index in [-0.39, 0.29) is 48.6 Å². The first-order valence-corrected chi connectivity index (χ1v) is 20.1. The van der Waals surface area contributed by atoms with Crippen LogP contribution in [0.2, 0.25) is 0 Å². The second kappa shape index (κ2) is 14.0. The number of aryl methyl sites for hydroxylation is 2. The number of ketones is 1. The smallest absolute Gasteiger partial charge is 0.355 e. The zero-order valence-electron chi connectivity index (χ0n) is 32.5. The Labute approximate surface area is 331 Å². The zero-order valence-corrected chi connectivity index (χ0v) is 32.5. The number of alkyl halides is 3. The van der Waals surface area contributed by atoms with Gasteiger partial charge in [0.1, 0.15) is 29.8 Å². The summed E-state index contributed by atoms with van der Waals surface area (Å²) in [5, 5.41) is 15.8. The quantitative estimate of drug-likeness (QED) is 0.193. The van der Waals surface area contributed by atoms with Gasteiger partial charge in [-0.2, -0.15) is 23.4 Å². The van der Waals surface area contributed by atoms with E-state index in [4.69, 9.17) is 15.2 Å². The number of nitrogens with zero attached hydrogens (tertiary/aromatic N) is 7. The van der Waals surface area contributed by atoms with Crippen molar-refractivity contribution in [2.24, 2.45) is 11.3 Å². The zero-order chi connectivity index (χ0) is 40.7. The SMILES string of the molecule is CC(=O)c1nn2c3c(cc(-c4cnc5cc(C6CC6)nn5c4)cc13)CCCCCCC(=O)NC[C@@]13C[C@@H](C(=O)Nc4nc(C(F)(F)F)ccc4C)N(C(=O)C2)C1C3C. The molecule has 58 heavy (non-hydrogen) atoms. The first-order valence-electron chi connectivity index (χ1n) is 20.1. The van der Waals surface area contributed by atoms with Crippen LogP contribution in [-0.2, 0) is 33.5 Å². The lowest BCUT2D eigenvalue weighted by Crippen LogP contribution is -2.47. The largest absolute Gasteiger partial charge is 0.433 e. The number of nitrogens with one attached hydrogen (secondary N) is 2. The molecular formula is C42H44F3N9O4. The summed E-state index contributed by atoms with van der Waals surface area (Å²) in [6.45, 7) is 4.91. The summed E-state index contributed by atoms with van der Waals surface area (Å²) in [5.41, 5.74) is 3.71. The number of rotatable bonds is 5. The lowest BCUT2D eigenvalue weighted by molar-refractivity contribution is -0.141. The number of halogens is 3. The Kier molecular flexibility index (Phi) is 9.15. The second-order valence-corrected chi connectivity index (χ2v) is 16.6. The van der Waals surface area contributed by atoms with E-state index in [0.29, 0.717) is 41.6 Å². The molecule has 2 N–H and O–H groups in total. The molecule has 4 aromatic heterocycles. The van der Waals surface area contributed by atoms with Gasteiger partial charge in [0.05, 0.1) is 11.2 Å². The Morgan fingerprint density at radius 3 is 2.52 bits per heavy atom. The van der Waals surface area contributed by atoms with Crippen molar-refractivity contribution in [2.75, 3.05) is 11.9 Å². The van der Waals surface area contributed by atoms with E-state index < -0.39 is 41.2 Å².